The molecule has 4 aromatic rings. The van der Waals surface area contributed by atoms with Crippen molar-refractivity contribution in [2.45, 2.75) is 57.1 Å². The fourth-order valence-electron chi connectivity index (χ4n) is 4.97. The Morgan fingerprint density at radius 1 is 0.800 bits per heavy atom. The molecular weight excluding hydrogens is 629 g/mol. The molecule has 0 spiro atoms. The standard InChI is InChI=1S/C35H37Cl2N3O4S/c1-25-20-29(37)18-19-31(25)40(45(43,44)30-16-9-6-10-17-30)24-33(41)39(23-27-14-11-15-28(36)21-27)32(34(42)38-35(2,3)4)22-26-12-7-5-8-13-26/h5-21,32H,22-24H2,1-4H3,(H,38,42)/t32-/m0/s1. The van der Waals surface area contributed by atoms with Gasteiger partial charge in [0.05, 0.1) is 10.6 Å². The second kappa shape index (κ2) is 14.5. The Morgan fingerprint density at radius 3 is 2.00 bits per heavy atom. The van der Waals surface area contributed by atoms with E-state index in [9.17, 15) is 18.0 Å². The molecule has 0 aromatic heterocycles. The SMILES string of the molecule is Cc1cc(Cl)ccc1N(CC(=O)N(Cc1cccc(Cl)c1)[C@@H](Cc1ccccc1)C(=O)NC(C)(C)C)S(=O)(=O)c1ccccc1. The van der Waals surface area contributed by atoms with Gasteiger partial charge in [0, 0.05) is 28.5 Å². The van der Waals surface area contributed by atoms with Crippen molar-refractivity contribution in [2.24, 2.45) is 0 Å². The van der Waals surface area contributed by atoms with Gasteiger partial charge in [0.15, 0.2) is 0 Å². The van der Waals surface area contributed by atoms with Crippen LogP contribution >= 0.6 is 23.2 Å². The van der Waals surface area contributed by atoms with Gasteiger partial charge in [0.2, 0.25) is 11.8 Å². The highest BCUT2D eigenvalue weighted by Gasteiger charge is 2.36. The number of hydrogen-bond acceptors (Lipinski definition) is 4. The van der Waals surface area contributed by atoms with Crippen molar-refractivity contribution in [1.82, 2.24) is 10.2 Å². The number of sulfonamides is 1. The van der Waals surface area contributed by atoms with Crippen LogP contribution in [0.2, 0.25) is 10.0 Å². The van der Waals surface area contributed by atoms with Crippen molar-refractivity contribution in [3.63, 3.8) is 0 Å². The first-order chi connectivity index (χ1) is 21.2. The summed E-state index contributed by atoms with van der Waals surface area (Å²) >= 11 is 12.5. The first-order valence-electron chi connectivity index (χ1n) is 14.5. The summed E-state index contributed by atoms with van der Waals surface area (Å²) in [6.45, 7) is 6.79. The van der Waals surface area contributed by atoms with Gasteiger partial charge < -0.3 is 10.2 Å². The van der Waals surface area contributed by atoms with Gasteiger partial charge in [0.25, 0.3) is 10.0 Å². The molecule has 0 saturated heterocycles. The van der Waals surface area contributed by atoms with Crippen molar-refractivity contribution >= 4 is 50.7 Å². The van der Waals surface area contributed by atoms with Gasteiger partial charge >= 0.3 is 0 Å². The van der Waals surface area contributed by atoms with Gasteiger partial charge in [-0.05, 0) is 86.8 Å². The number of halogens is 2. The van der Waals surface area contributed by atoms with Gasteiger partial charge in [-0.25, -0.2) is 8.42 Å². The zero-order valence-corrected chi connectivity index (χ0v) is 28.0. The summed E-state index contributed by atoms with van der Waals surface area (Å²) in [5.74, 6) is -0.921. The fourth-order valence-corrected chi connectivity index (χ4v) is 6.91. The molecule has 1 atom stereocenters. The molecule has 236 valence electrons. The Kier molecular flexibility index (Phi) is 11.0. The zero-order chi connectivity index (χ0) is 32.8. The van der Waals surface area contributed by atoms with Crippen LogP contribution in [0.5, 0.6) is 0 Å². The van der Waals surface area contributed by atoms with Crippen LogP contribution in [0.4, 0.5) is 5.69 Å². The molecular formula is C35H37Cl2N3O4S. The average molecular weight is 667 g/mol. The van der Waals surface area contributed by atoms with Gasteiger partial charge in [-0.2, -0.15) is 0 Å². The van der Waals surface area contributed by atoms with Crippen LogP contribution < -0.4 is 9.62 Å². The van der Waals surface area contributed by atoms with Gasteiger partial charge in [-0.1, -0.05) is 83.9 Å². The second-order valence-corrected chi connectivity index (χ2v) is 14.6. The summed E-state index contributed by atoms with van der Waals surface area (Å²) in [5, 5.41) is 3.93. The maximum atomic E-state index is 14.6. The summed E-state index contributed by atoms with van der Waals surface area (Å²) in [7, 11) is -4.21. The molecule has 7 nitrogen and oxygen atoms in total. The third-order valence-electron chi connectivity index (χ3n) is 7.05. The summed E-state index contributed by atoms with van der Waals surface area (Å²) in [6, 6.07) is 28.2. The van der Waals surface area contributed by atoms with Gasteiger partial charge in [0.1, 0.15) is 12.6 Å². The molecule has 45 heavy (non-hydrogen) atoms. The molecule has 0 saturated carbocycles. The minimum atomic E-state index is -4.21. The van der Waals surface area contributed by atoms with E-state index in [0.717, 1.165) is 9.87 Å². The Hall–Kier alpha value is -3.85. The average Bonchev–Trinajstić information content (AvgIpc) is 2.98. The van der Waals surface area contributed by atoms with E-state index in [1.54, 1.807) is 61.5 Å². The molecule has 0 radical (unpaired) electrons. The molecule has 0 heterocycles. The number of hydrogen-bond donors (Lipinski definition) is 1. The van der Waals surface area contributed by atoms with Crippen LogP contribution in [0.1, 0.15) is 37.5 Å². The zero-order valence-electron chi connectivity index (χ0n) is 25.7. The summed E-state index contributed by atoms with van der Waals surface area (Å²) in [5.41, 5.74) is 1.83. The van der Waals surface area contributed by atoms with Crippen LogP contribution in [-0.4, -0.2) is 43.3 Å². The molecule has 4 aromatic carbocycles. The van der Waals surface area contributed by atoms with Crippen molar-refractivity contribution in [1.29, 1.82) is 0 Å². The number of carbonyl (C=O) groups excluding carboxylic acids is 2. The summed E-state index contributed by atoms with van der Waals surface area (Å²) in [4.78, 5) is 30.0. The van der Waals surface area contributed by atoms with Crippen molar-refractivity contribution in [3.8, 4) is 0 Å². The molecule has 10 heteroatoms. The molecule has 1 N–H and O–H groups in total. The van der Waals surface area contributed by atoms with E-state index in [1.165, 1.54) is 17.0 Å². The van der Waals surface area contributed by atoms with Gasteiger partial charge in [-0.15, -0.1) is 0 Å². The second-order valence-electron chi connectivity index (χ2n) is 11.9. The van der Waals surface area contributed by atoms with E-state index in [4.69, 9.17) is 23.2 Å². The topological polar surface area (TPSA) is 86.8 Å². The van der Waals surface area contributed by atoms with Crippen molar-refractivity contribution < 1.29 is 18.0 Å². The molecule has 4 rings (SSSR count). The van der Waals surface area contributed by atoms with Gasteiger partial charge in [-0.3, -0.25) is 13.9 Å². The first-order valence-corrected chi connectivity index (χ1v) is 16.7. The van der Waals surface area contributed by atoms with Crippen molar-refractivity contribution in [3.05, 3.63) is 130 Å². The van der Waals surface area contributed by atoms with Crippen LogP contribution in [0.15, 0.2) is 108 Å². The highest BCUT2D eigenvalue weighted by Crippen LogP contribution is 2.30. The Balaban J connectivity index is 1.84. The van der Waals surface area contributed by atoms with E-state index in [2.05, 4.69) is 5.32 Å². The lowest BCUT2D eigenvalue weighted by atomic mass is 10.0. The Labute approximate surface area is 275 Å². The lowest BCUT2D eigenvalue weighted by Crippen LogP contribution is -2.56. The minimum Gasteiger partial charge on any atom is -0.350 e. The predicted octanol–water partition coefficient (Wildman–Crippen LogP) is 7.05. The van der Waals surface area contributed by atoms with E-state index >= 15 is 0 Å². The number of aryl methyl sites for hydroxylation is 1. The third-order valence-corrected chi connectivity index (χ3v) is 9.29. The van der Waals surface area contributed by atoms with Crippen molar-refractivity contribution in [2.75, 3.05) is 10.8 Å². The minimum absolute atomic E-state index is 0.0211. The molecule has 0 unspecified atom stereocenters. The van der Waals surface area contributed by atoms with E-state index in [-0.39, 0.29) is 23.8 Å². The molecule has 2 amide bonds. The summed E-state index contributed by atoms with van der Waals surface area (Å²) in [6.07, 6.45) is 0.209. The largest absolute Gasteiger partial charge is 0.350 e. The number of rotatable bonds is 11. The van der Waals surface area contributed by atoms with E-state index < -0.39 is 34.1 Å². The number of anilines is 1. The van der Waals surface area contributed by atoms with Crippen LogP contribution in [0.25, 0.3) is 0 Å². The van der Waals surface area contributed by atoms with Crippen LogP contribution in [0.3, 0.4) is 0 Å². The third kappa shape index (κ3) is 9.10. The highest BCUT2D eigenvalue weighted by atomic mass is 35.5. The number of benzene rings is 4. The lowest BCUT2D eigenvalue weighted by Gasteiger charge is -2.35. The van der Waals surface area contributed by atoms with E-state index in [1.807, 2.05) is 57.2 Å². The number of nitrogens with one attached hydrogen (secondary N) is 1. The number of carbonyl (C=O) groups is 2. The maximum Gasteiger partial charge on any atom is 0.264 e. The smallest absolute Gasteiger partial charge is 0.264 e. The highest BCUT2D eigenvalue weighted by molar-refractivity contribution is 7.92. The maximum absolute atomic E-state index is 14.6. The lowest BCUT2D eigenvalue weighted by molar-refractivity contribution is -0.140. The number of amides is 2. The van der Waals surface area contributed by atoms with Crippen LogP contribution in [-0.2, 0) is 32.6 Å². The quantitative estimate of drug-likeness (QED) is 0.186. The molecule has 0 aliphatic heterocycles. The molecule has 0 aliphatic rings. The number of nitrogens with zero attached hydrogens (tertiary/aromatic N) is 2. The Morgan fingerprint density at radius 2 is 1.40 bits per heavy atom. The molecule has 0 bridgehead atoms. The predicted molar refractivity (Wildman–Crippen MR) is 181 cm³/mol. The first kappa shape index (κ1) is 34.0. The van der Waals surface area contributed by atoms with Crippen LogP contribution in [0, 0.1) is 6.92 Å². The Bertz CT molecular complexity index is 1740. The summed E-state index contributed by atoms with van der Waals surface area (Å²) < 4.78 is 29.4. The van der Waals surface area contributed by atoms with E-state index in [0.29, 0.717) is 26.9 Å². The normalized spacial score (nSPS) is 12.3. The molecule has 0 fully saturated rings. The molecule has 0 aliphatic carbocycles. The fraction of sp³-hybridized carbons (Fsp3) is 0.257. The monoisotopic (exact) mass is 665 g/mol.